The van der Waals surface area contributed by atoms with Crippen molar-refractivity contribution in [2.45, 2.75) is 13.0 Å². The lowest BCUT2D eigenvalue weighted by Gasteiger charge is -2.14. The number of aryl methyl sites for hydroxylation is 1. The highest BCUT2D eigenvalue weighted by atomic mass is 35.5. The van der Waals surface area contributed by atoms with Gasteiger partial charge >= 0.3 is 0 Å². The molecule has 0 aliphatic carbocycles. The van der Waals surface area contributed by atoms with Crippen molar-refractivity contribution in [2.75, 3.05) is 7.11 Å². The van der Waals surface area contributed by atoms with Crippen LogP contribution in [-0.4, -0.2) is 7.11 Å². The summed E-state index contributed by atoms with van der Waals surface area (Å²) in [5.41, 5.74) is 7.74. The molecule has 1 heterocycles. The first-order valence-electron chi connectivity index (χ1n) is 5.36. The van der Waals surface area contributed by atoms with Gasteiger partial charge < -0.3 is 14.9 Å². The first-order valence-corrected chi connectivity index (χ1v) is 6.12. The minimum atomic E-state index is -0.377. The van der Waals surface area contributed by atoms with E-state index >= 15 is 0 Å². The molecule has 1 aromatic heterocycles. The maximum atomic E-state index is 6.18. The zero-order valence-corrected chi connectivity index (χ0v) is 11.5. The fraction of sp³-hybridized carbons (Fsp3) is 0.231. The van der Waals surface area contributed by atoms with Crippen molar-refractivity contribution < 1.29 is 9.15 Å². The van der Waals surface area contributed by atoms with Crippen LogP contribution in [0.3, 0.4) is 0 Å². The van der Waals surface area contributed by atoms with Crippen LogP contribution in [0, 0.1) is 6.92 Å². The summed E-state index contributed by atoms with van der Waals surface area (Å²) in [6.45, 7) is 1.86. The highest BCUT2D eigenvalue weighted by Crippen LogP contribution is 2.35. The van der Waals surface area contributed by atoms with Crippen molar-refractivity contribution in [3.63, 3.8) is 0 Å². The van der Waals surface area contributed by atoms with Crippen LogP contribution in [0.2, 0.25) is 10.0 Å². The van der Waals surface area contributed by atoms with Crippen molar-refractivity contribution in [2.24, 2.45) is 5.73 Å². The second-order valence-electron chi connectivity index (χ2n) is 3.98. The number of hydrogen-bond donors (Lipinski definition) is 1. The van der Waals surface area contributed by atoms with Gasteiger partial charge in [0, 0.05) is 16.7 Å². The minimum absolute atomic E-state index is 0.377. The van der Waals surface area contributed by atoms with Gasteiger partial charge in [-0.2, -0.15) is 0 Å². The van der Waals surface area contributed by atoms with Crippen LogP contribution in [-0.2, 0) is 0 Å². The van der Waals surface area contributed by atoms with Crippen molar-refractivity contribution in [1.82, 2.24) is 0 Å². The van der Waals surface area contributed by atoms with E-state index in [-0.39, 0.29) is 6.04 Å². The minimum Gasteiger partial charge on any atom is -0.495 e. The Morgan fingerprint density at radius 2 is 1.94 bits per heavy atom. The Balaban J connectivity index is 2.42. The molecule has 0 aliphatic rings. The molecular formula is C13H13Cl2NO2. The number of benzene rings is 1. The molecule has 0 radical (unpaired) electrons. The number of rotatable bonds is 3. The third-order valence-electron chi connectivity index (χ3n) is 2.72. The van der Waals surface area contributed by atoms with Gasteiger partial charge in [0.2, 0.25) is 0 Å². The van der Waals surface area contributed by atoms with Gasteiger partial charge in [-0.05, 0) is 24.6 Å². The normalized spacial score (nSPS) is 12.5. The zero-order chi connectivity index (χ0) is 13.3. The number of ether oxygens (including phenoxy) is 1. The van der Waals surface area contributed by atoms with Gasteiger partial charge in [0.1, 0.15) is 11.5 Å². The van der Waals surface area contributed by atoms with Gasteiger partial charge in [-0.25, -0.2) is 0 Å². The summed E-state index contributed by atoms with van der Waals surface area (Å²) < 4.78 is 10.3. The first kappa shape index (κ1) is 13.3. The third-order valence-corrected chi connectivity index (χ3v) is 3.34. The van der Waals surface area contributed by atoms with Crippen molar-refractivity contribution >= 4 is 23.2 Å². The molecule has 0 amide bonds. The van der Waals surface area contributed by atoms with Gasteiger partial charge in [0.05, 0.1) is 24.4 Å². The van der Waals surface area contributed by atoms with E-state index < -0.39 is 0 Å². The molecule has 1 aromatic carbocycles. The molecule has 18 heavy (non-hydrogen) atoms. The zero-order valence-electron chi connectivity index (χ0n) is 10.0. The number of halogens is 2. The molecule has 1 unspecified atom stereocenters. The smallest absolute Gasteiger partial charge is 0.138 e. The summed E-state index contributed by atoms with van der Waals surface area (Å²) in [6, 6.07) is 4.87. The summed E-state index contributed by atoms with van der Waals surface area (Å²) in [7, 11) is 1.54. The molecule has 2 rings (SSSR count). The highest BCUT2D eigenvalue weighted by Gasteiger charge is 2.17. The lowest BCUT2D eigenvalue weighted by atomic mass is 10.0. The van der Waals surface area contributed by atoms with Crippen LogP contribution >= 0.6 is 23.2 Å². The topological polar surface area (TPSA) is 48.4 Å². The molecular weight excluding hydrogens is 273 g/mol. The maximum Gasteiger partial charge on any atom is 0.138 e. The average Bonchev–Trinajstić information content (AvgIpc) is 2.77. The lowest BCUT2D eigenvalue weighted by Crippen LogP contribution is -2.11. The molecule has 0 spiro atoms. The molecule has 0 bridgehead atoms. The van der Waals surface area contributed by atoms with Crippen LogP contribution in [0.25, 0.3) is 0 Å². The highest BCUT2D eigenvalue weighted by molar-refractivity contribution is 6.34. The van der Waals surface area contributed by atoms with Crippen LogP contribution in [0.5, 0.6) is 5.75 Å². The molecule has 0 saturated carbocycles. The average molecular weight is 286 g/mol. The monoisotopic (exact) mass is 285 g/mol. The lowest BCUT2D eigenvalue weighted by molar-refractivity contribution is 0.415. The van der Waals surface area contributed by atoms with E-state index in [2.05, 4.69) is 0 Å². The van der Waals surface area contributed by atoms with Crippen molar-refractivity contribution in [3.05, 3.63) is 51.4 Å². The third kappa shape index (κ3) is 2.48. The van der Waals surface area contributed by atoms with Crippen LogP contribution in [0.1, 0.15) is 22.9 Å². The Bertz CT molecular complexity index is 566. The second-order valence-corrected chi connectivity index (χ2v) is 4.79. The van der Waals surface area contributed by atoms with E-state index in [1.54, 1.807) is 18.4 Å². The fourth-order valence-corrected chi connectivity index (χ4v) is 2.27. The van der Waals surface area contributed by atoms with Gasteiger partial charge in [0.25, 0.3) is 0 Å². The Hall–Kier alpha value is -1.16. The van der Waals surface area contributed by atoms with Gasteiger partial charge in [-0.3, -0.25) is 0 Å². The molecule has 3 nitrogen and oxygen atoms in total. The van der Waals surface area contributed by atoms with Crippen LogP contribution in [0.4, 0.5) is 0 Å². The van der Waals surface area contributed by atoms with Crippen molar-refractivity contribution in [3.8, 4) is 5.75 Å². The predicted molar refractivity (Wildman–Crippen MR) is 72.5 cm³/mol. The summed E-state index contributed by atoms with van der Waals surface area (Å²) in [6.07, 6.45) is 1.62. The molecule has 5 heteroatoms. The van der Waals surface area contributed by atoms with E-state index in [0.717, 1.165) is 16.9 Å². The fourth-order valence-electron chi connectivity index (χ4n) is 1.75. The summed E-state index contributed by atoms with van der Waals surface area (Å²) >= 11 is 12.3. The quantitative estimate of drug-likeness (QED) is 0.929. The van der Waals surface area contributed by atoms with E-state index in [1.165, 1.54) is 7.11 Å². The summed E-state index contributed by atoms with van der Waals surface area (Å²) in [4.78, 5) is 0. The molecule has 0 saturated heterocycles. The maximum absolute atomic E-state index is 6.18. The summed E-state index contributed by atoms with van der Waals surface area (Å²) in [5, 5.41) is 0.996. The molecule has 96 valence electrons. The van der Waals surface area contributed by atoms with E-state index in [9.17, 15) is 0 Å². The van der Waals surface area contributed by atoms with Gasteiger partial charge in [-0.15, -0.1) is 0 Å². The van der Waals surface area contributed by atoms with E-state index in [4.69, 9.17) is 38.1 Å². The number of furan rings is 1. The van der Waals surface area contributed by atoms with Gasteiger partial charge in [0.15, 0.2) is 0 Å². The Kier molecular flexibility index (Phi) is 3.85. The Morgan fingerprint density at radius 3 is 2.50 bits per heavy atom. The molecule has 1 atom stereocenters. The predicted octanol–water partition coefficient (Wildman–Crippen LogP) is 3.95. The van der Waals surface area contributed by atoms with E-state index in [1.807, 2.05) is 13.0 Å². The van der Waals surface area contributed by atoms with Crippen LogP contribution < -0.4 is 10.5 Å². The summed E-state index contributed by atoms with van der Waals surface area (Å²) in [5.74, 6) is 1.33. The second kappa shape index (κ2) is 5.22. The molecule has 0 aliphatic heterocycles. The molecule has 2 aromatic rings. The number of nitrogens with two attached hydrogens (primary N) is 1. The van der Waals surface area contributed by atoms with Crippen molar-refractivity contribution in [1.29, 1.82) is 0 Å². The molecule has 2 N–H and O–H groups in total. The Labute approximate surface area is 115 Å². The SMILES string of the molecule is COc1cc(Cl)c(C(N)c2coc(C)c2)cc1Cl. The van der Waals surface area contributed by atoms with Gasteiger partial charge in [-0.1, -0.05) is 23.2 Å². The first-order chi connectivity index (χ1) is 8.52. The van der Waals surface area contributed by atoms with E-state index in [0.29, 0.717) is 15.8 Å². The van der Waals surface area contributed by atoms with Crippen LogP contribution in [0.15, 0.2) is 28.9 Å². The Morgan fingerprint density at radius 1 is 1.22 bits per heavy atom. The largest absolute Gasteiger partial charge is 0.495 e. The standard InChI is InChI=1S/C13H13Cl2NO2/c1-7-3-8(6-18-7)13(16)9-4-11(15)12(17-2)5-10(9)14/h3-6,13H,16H2,1-2H3. The molecule has 0 fully saturated rings. The number of methoxy groups -OCH3 is 1. The number of hydrogen-bond acceptors (Lipinski definition) is 3.